The van der Waals surface area contributed by atoms with Gasteiger partial charge in [-0.1, -0.05) is 13.8 Å². The third kappa shape index (κ3) is 4.16. The first-order valence-electron chi connectivity index (χ1n) is 7.40. The van der Waals surface area contributed by atoms with E-state index in [2.05, 4.69) is 104 Å². The number of allylic oxidation sites excluding steroid dienone is 2. The maximum absolute atomic E-state index is 9.94. The summed E-state index contributed by atoms with van der Waals surface area (Å²) in [6, 6.07) is 7.56. The van der Waals surface area contributed by atoms with Crippen molar-refractivity contribution in [2.45, 2.75) is 26.7 Å². The highest BCUT2D eigenvalue weighted by molar-refractivity contribution is 14.1. The molecule has 2 nitrogen and oxygen atoms in total. The molecule has 0 aliphatic rings. The summed E-state index contributed by atoms with van der Waals surface area (Å²) in [4.78, 5) is 0. The summed E-state index contributed by atoms with van der Waals surface area (Å²) in [6.45, 7) is 4.33. The molecule has 0 fully saturated rings. The number of phenols is 2. The SMILES string of the molecule is CC/C(=C(/CC)c1ccc(O)c(I)c1I)c1ccc(O)c(I)c1I. The van der Waals surface area contributed by atoms with E-state index in [-0.39, 0.29) is 0 Å². The average molecular weight is 772 g/mol. The van der Waals surface area contributed by atoms with Gasteiger partial charge in [-0.25, -0.2) is 0 Å². The van der Waals surface area contributed by atoms with Crippen LogP contribution in [0.15, 0.2) is 24.3 Å². The van der Waals surface area contributed by atoms with Crippen LogP contribution in [0.4, 0.5) is 0 Å². The number of benzene rings is 2. The Labute approximate surface area is 197 Å². The largest absolute Gasteiger partial charge is 0.507 e. The molecule has 2 N–H and O–H groups in total. The van der Waals surface area contributed by atoms with Gasteiger partial charge in [-0.15, -0.1) is 0 Å². The van der Waals surface area contributed by atoms with Crippen molar-refractivity contribution in [2.75, 3.05) is 0 Å². The fourth-order valence-electron chi connectivity index (χ4n) is 2.68. The zero-order valence-electron chi connectivity index (χ0n) is 13.1. The van der Waals surface area contributed by atoms with E-state index in [9.17, 15) is 10.2 Å². The van der Waals surface area contributed by atoms with E-state index in [0.29, 0.717) is 11.5 Å². The standard InChI is InChI=1S/C18H16I4O2/c1-3-9(11-5-7-13(23)17(21)15(11)19)10(4-2)12-6-8-14(24)18(22)16(12)20/h5-8,23-24H,3-4H2,1-2H3/b10-9+. The molecule has 2 rings (SSSR count). The van der Waals surface area contributed by atoms with E-state index >= 15 is 0 Å². The summed E-state index contributed by atoms with van der Waals surface area (Å²) in [5, 5.41) is 19.9. The van der Waals surface area contributed by atoms with Gasteiger partial charge in [0, 0.05) is 7.14 Å². The maximum atomic E-state index is 9.94. The van der Waals surface area contributed by atoms with E-state index in [4.69, 9.17) is 0 Å². The summed E-state index contributed by atoms with van der Waals surface area (Å²) >= 11 is 9.02. The van der Waals surface area contributed by atoms with Gasteiger partial charge in [-0.3, -0.25) is 0 Å². The molecule has 0 aliphatic carbocycles. The van der Waals surface area contributed by atoms with E-state index in [1.54, 1.807) is 12.1 Å². The number of rotatable bonds is 4. The van der Waals surface area contributed by atoms with Crippen LogP contribution in [0.25, 0.3) is 11.1 Å². The van der Waals surface area contributed by atoms with Crippen LogP contribution in [0.3, 0.4) is 0 Å². The van der Waals surface area contributed by atoms with Gasteiger partial charge in [-0.2, -0.15) is 0 Å². The van der Waals surface area contributed by atoms with E-state index in [1.165, 1.54) is 22.3 Å². The fraction of sp³-hybridized carbons (Fsp3) is 0.222. The van der Waals surface area contributed by atoms with Gasteiger partial charge >= 0.3 is 0 Å². The zero-order valence-corrected chi connectivity index (χ0v) is 21.8. The average Bonchev–Trinajstić information content (AvgIpc) is 2.57. The van der Waals surface area contributed by atoms with Crippen LogP contribution in [0, 0.1) is 14.3 Å². The molecule has 24 heavy (non-hydrogen) atoms. The molecule has 0 amide bonds. The van der Waals surface area contributed by atoms with Gasteiger partial charge in [0.25, 0.3) is 0 Å². The van der Waals surface area contributed by atoms with Gasteiger partial charge in [0.15, 0.2) is 0 Å². The predicted molar refractivity (Wildman–Crippen MR) is 134 cm³/mol. The molecule has 0 spiro atoms. The third-order valence-corrected chi connectivity index (χ3v) is 10.3. The van der Waals surface area contributed by atoms with Crippen LogP contribution in [-0.4, -0.2) is 10.2 Å². The molecule has 0 radical (unpaired) electrons. The lowest BCUT2D eigenvalue weighted by atomic mass is 9.91. The number of hydrogen-bond acceptors (Lipinski definition) is 2. The van der Waals surface area contributed by atoms with Crippen molar-refractivity contribution in [3.8, 4) is 11.5 Å². The minimum atomic E-state index is 0.325. The molecule has 0 aliphatic heterocycles. The molecule has 0 atom stereocenters. The second kappa shape index (κ2) is 9.07. The zero-order chi connectivity index (χ0) is 18.0. The Morgan fingerprint density at radius 1 is 0.667 bits per heavy atom. The first-order valence-corrected chi connectivity index (χ1v) is 11.7. The fourth-order valence-corrected chi connectivity index (χ4v) is 5.18. The Morgan fingerprint density at radius 2 is 1.00 bits per heavy atom. The van der Waals surface area contributed by atoms with Gasteiger partial charge in [0.1, 0.15) is 11.5 Å². The Kier molecular flexibility index (Phi) is 7.94. The first-order chi connectivity index (χ1) is 11.3. The lowest BCUT2D eigenvalue weighted by Gasteiger charge is -2.18. The topological polar surface area (TPSA) is 40.5 Å². The van der Waals surface area contributed by atoms with E-state index in [1.807, 2.05) is 12.1 Å². The lowest BCUT2D eigenvalue weighted by molar-refractivity contribution is 0.470. The van der Waals surface area contributed by atoms with Crippen molar-refractivity contribution >= 4 is 102 Å². The lowest BCUT2D eigenvalue weighted by Crippen LogP contribution is -1.99. The van der Waals surface area contributed by atoms with Crippen molar-refractivity contribution in [3.63, 3.8) is 0 Å². The molecule has 6 heteroatoms. The van der Waals surface area contributed by atoms with Crippen LogP contribution in [-0.2, 0) is 0 Å². The smallest absolute Gasteiger partial charge is 0.130 e. The molecule has 128 valence electrons. The second-order valence-electron chi connectivity index (χ2n) is 5.18. The Morgan fingerprint density at radius 3 is 1.29 bits per heavy atom. The number of halogens is 4. The molecule has 0 bridgehead atoms. The number of hydrogen-bond donors (Lipinski definition) is 2. The molecule has 2 aromatic carbocycles. The summed E-state index contributed by atoms with van der Waals surface area (Å²) in [7, 11) is 0. The molecule has 0 saturated heterocycles. The molecule has 2 aromatic rings. The normalized spacial score (nSPS) is 12.2. The van der Waals surface area contributed by atoms with Crippen LogP contribution in [0.5, 0.6) is 11.5 Å². The molecular weight excluding hydrogens is 756 g/mol. The quantitative estimate of drug-likeness (QED) is 0.254. The highest BCUT2D eigenvalue weighted by Gasteiger charge is 2.18. The van der Waals surface area contributed by atoms with Gasteiger partial charge in [-0.05, 0) is 150 Å². The predicted octanol–water partition coefficient (Wildman–Crippen LogP) is 7.25. The molecule has 0 saturated carbocycles. The monoisotopic (exact) mass is 772 g/mol. The van der Waals surface area contributed by atoms with Crippen molar-refractivity contribution < 1.29 is 10.2 Å². The summed E-state index contributed by atoms with van der Waals surface area (Å²) in [5.74, 6) is 0.650. The molecular formula is C18H16I4O2. The second-order valence-corrected chi connectivity index (χ2v) is 9.50. The highest BCUT2D eigenvalue weighted by atomic mass is 127. The van der Waals surface area contributed by atoms with E-state index < -0.39 is 0 Å². The number of aromatic hydroxyl groups is 2. The van der Waals surface area contributed by atoms with Crippen molar-refractivity contribution in [2.24, 2.45) is 0 Å². The first kappa shape index (κ1) is 21.0. The Bertz CT molecular complexity index is 746. The van der Waals surface area contributed by atoms with Crippen LogP contribution >= 0.6 is 90.4 Å². The van der Waals surface area contributed by atoms with Gasteiger partial charge in [0.2, 0.25) is 0 Å². The minimum Gasteiger partial charge on any atom is -0.507 e. The van der Waals surface area contributed by atoms with Crippen molar-refractivity contribution in [3.05, 3.63) is 49.7 Å². The molecule has 0 heterocycles. The molecule has 0 unspecified atom stereocenters. The van der Waals surface area contributed by atoms with Gasteiger partial charge < -0.3 is 10.2 Å². The summed E-state index contributed by atoms with van der Waals surface area (Å²) in [6.07, 6.45) is 1.82. The summed E-state index contributed by atoms with van der Waals surface area (Å²) in [5.41, 5.74) is 4.94. The molecule has 0 aromatic heterocycles. The van der Waals surface area contributed by atoms with Crippen LogP contribution < -0.4 is 0 Å². The Balaban J connectivity index is 2.77. The van der Waals surface area contributed by atoms with Crippen LogP contribution in [0.1, 0.15) is 37.8 Å². The third-order valence-electron chi connectivity index (χ3n) is 3.85. The van der Waals surface area contributed by atoms with Crippen molar-refractivity contribution in [1.29, 1.82) is 0 Å². The van der Waals surface area contributed by atoms with Crippen molar-refractivity contribution in [1.82, 2.24) is 0 Å². The minimum absolute atomic E-state index is 0.325. The Hall–Kier alpha value is 0.700. The maximum Gasteiger partial charge on any atom is 0.130 e. The highest BCUT2D eigenvalue weighted by Crippen LogP contribution is 2.40. The van der Waals surface area contributed by atoms with Crippen LogP contribution in [0.2, 0.25) is 0 Å². The van der Waals surface area contributed by atoms with E-state index in [0.717, 1.165) is 27.1 Å². The number of phenolic OH excluding ortho intramolecular Hbond substituents is 2. The summed E-state index contributed by atoms with van der Waals surface area (Å²) < 4.78 is 3.95. The van der Waals surface area contributed by atoms with Gasteiger partial charge in [0.05, 0.1) is 7.14 Å².